The van der Waals surface area contributed by atoms with Crippen molar-refractivity contribution in [1.82, 2.24) is 0 Å². The molecule has 0 aliphatic heterocycles. The quantitative estimate of drug-likeness (QED) is 0.849. The van der Waals surface area contributed by atoms with Crippen molar-refractivity contribution in [1.29, 1.82) is 0 Å². The average Bonchev–Trinajstić information content (AvgIpc) is 2.49. The SMILES string of the molecule is COC(=O)c1cc(NS(=O)(=O)c2ccc(Cl)cc2)c(F)cc1F. The zero-order valence-electron chi connectivity index (χ0n) is 11.6. The van der Waals surface area contributed by atoms with Crippen LogP contribution in [-0.2, 0) is 14.8 Å². The molecule has 0 unspecified atom stereocenters. The maximum absolute atomic E-state index is 13.8. The van der Waals surface area contributed by atoms with E-state index in [2.05, 4.69) is 4.74 Å². The maximum Gasteiger partial charge on any atom is 0.340 e. The first kappa shape index (κ1) is 17.2. The summed E-state index contributed by atoms with van der Waals surface area (Å²) in [6.45, 7) is 0. The number of rotatable bonds is 4. The van der Waals surface area contributed by atoms with Gasteiger partial charge in [0.05, 0.1) is 23.3 Å². The van der Waals surface area contributed by atoms with Crippen LogP contribution >= 0.6 is 11.6 Å². The number of carbonyl (C=O) groups is 1. The lowest BCUT2D eigenvalue weighted by Gasteiger charge is -2.11. The zero-order valence-corrected chi connectivity index (χ0v) is 13.2. The van der Waals surface area contributed by atoms with E-state index in [9.17, 15) is 22.0 Å². The van der Waals surface area contributed by atoms with Gasteiger partial charge in [-0.1, -0.05) is 11.6 Å². The van der Waals surface area contributed by atoms with Gasteiger partial charge in [-0.2, -0.15) is 0 Å². The lowest BCUT2D eigenvalue weighted by molar-refractivity contribution is 0.0595. The van der Waals surface area contributed by atoms with Crippen molar-refractivity contribution in [3.05, 3.63) is 58.6 Å². The molecule has 0 aromatic heterocycles. The Labute approximate surface area is 135 Å². The van der Waals surface area contributed by atoms with Crippen LogP contribution in [-0.4, -0.2) is 21.5 Å². The third-order valence-corrected chi connectivity index (χ3v) is 4.46. The van der Waals surface area contributed by atoms with Crippen molar-refractivity contribution < 1.29 is 26.7 Å². The van der Waals surface area contributed by atoms with E-state index in [1.165, 1.54) is 24.3 Å². The van der Waals surface area contributed by atoms with E-state index in [0.717, 1.165) is 13.2 Å². The van der Waals surface area contributed by atoms with Gasteiger partial charge in [0.1, 0.15) is 11.6 Å². The summed E-state index contributed by atoms with van der Waals surface area (Å²) in [7, 11) is -3.12. The number of benzene rings is 2. The molecule has 2 aromatic carbocycles. The van der Waals surface area contributed by atoms with E-state index in [1.54, 1.807) is 0 Å². The molecule has 2 aromatic rings. The number of hydrogen-bond acceptors (Lipinski definition) is 4. The van der Waals surface area contributed by atoms with E-state index in [1.807, 2.05) is 4.72 Å². The van der Waals surface area contributed by atoms with Crippen LogP contribution < -0.4 is 4.72 Å². The highest BCUT2D eigenvalue weighted by Crippen LogP contribution is 2.24. The molecule has 0 spiro atoms. The van der Waals surface area contributed by atoms with Gasteiger partial charge in [-0.25, -0.2) is 22.0 Å². The van der Waals surface area contributed by atoms with Gasteiger partial charge < -0.3 is 4.74 Å². The van der Waals surface area contributed by atoms with Gasteiger partial charge in [-0.15, -0.1) is 0 Å². The first-order chi connectivity index (χ1) is 10.7. The van der Waals surface area contributed by atoms with Crippen molar-refractivity contribution in [3.8, 4) is 0 Å². The van der Waals surface area contributed by atoms with Crippen LogP contribution in [0.15, 0.2) is 41.3 Å². The Kier molecular flexibility index (Phi) is 4.86. The summed E-state index contributed by atoms with van der Waals surface area (Å²) in [6, 6.07) is 6.24. The minimum atomic E-state index is -4.14. The van der Waals surface area contributed by atoms with Gasteiger partial charge >= 0.3 is 5.97 Å². The van der Waals surface area contributed by atoms with E-state index in [4.69, 9.17) is 11.6 Å². The van der Waals surface area contributed by atoms with Crippen LogP contribution in [0.5, 0.6) is 0 Å². The lowest BCUT2D eigenvalue weighted by Crippen LogP contribution is -2.15. The summed E-state index contributed by atoms with van der Waals surface area (Å²) in [4.78, 5) is 11.2. The fraction of sp³-hybridized carbons (Fsp3) is 0.0714. The summed E-state index contributed by atoms with van der Waals surface area (Å²) < 4.78 is 57.9. The van der Waals surface area contributed by atoms with Gasteiger partial charge in [-0.05, 0) is 30.3 Å². The first-order valence-electron chi connectivity index (χ1n) is 6.10. The number of methoxy groups -OCH3 is 1. The highest BCUT2D eigenvalue weighted by Gasteiger charge is 2.21. The van der Waals surface area contributed by atoms with Crippen molar-refractivity contribution in [2.75, 3.05) is 11.8 Å². The molecule has 0 aliphatic rings. The van der Waals surface area contributed by atoms with E-state index in [0.29, 0.717) is 11.1 Å². The Morgan fingerprint density at radius 2 is 1.74 bits per heavy atom. The molecule has 1 N–H and O–H groups in total. The fourth-order valence-electron chi connectivity index (χ4n) is 1.71. The minimum Gasteiger partial charge on any atom is -0.465 e. The average molecular weight is 362 g/mol. The number of nitrogens with one attached hydrogen (secondary N) is 1. The second-order valence-electron chi connectivity index (χ2n) is 4.36. The number of sulfonamides is 1. The predicted molar refractivity (Wildman–Crippen MR) is 80.0 cm³/mol. The molecule has 0 fully saturated rings. The van der Waals surface area contributed by atoms with Crippen molar-refractivity contribution in [3.63, 3.8) is 0 Å². The van der Waals surface area contributed by atoms with Gasteiger partial charge in [-0.3, -0.25) is 4.72 Å². The highest BCUT2D eigenvalue weighted by molar-refractivity contribution is 7.92. The molecule has 0 saturated carbocycles. The smallest absolute Gasteiger partial charge is 0.340 e. The predicted octanol–water partition coefficient (Wildman–Crippen LogP) is 3.21. The fourth-order valence-corrected chi connectivity index (χ4v) is 2.90. The molecule has 0 radical (unpaired) electrons. The standard InChI is InChI=1S/C14H10ClF2NO4S/c1-22-14(19)10-6-13(12(17)7-11(10)16)18-23(20,21)9-4-2-8(15)3-5-9/h2-7,18H,1H3. The number of carbonyl (C=O) groups excluding carboxylic acids is 1. The summed E-state index contributed by atoms with van der Waals surface area (Å²) in [5.41, 5.74) is -1.18. The Bertz CT molecular complexity index is 854. The summed E-state index contributed by atoms with van der Waals surface area (Å²) in [5, 5.41) is 0.324. The summed E-state index contributed by atoms with van der Waals surface area (Å²) in [5.74, 6) is -3.40. The van der Waals surface area contributed by atoms with Gasteiger partial charge in [0, 0.05) is 11.1 Å². The molecule has 0 bridgehead atoms. The van der Waals surface area contributed by atoms with E-state index in [-0.39, 0.29) is 4.90 Å². The van der Waals surface area contributed by atoms with Crippen molar-refractivity contribution in [2.24, 2.45) is 0 Å². The maximum atomic E-state index is 13.8. The molecule has 0 amide bonds. The number of hydrogen-bond donors (Lipinski definition) is 1. The number of anilines is 1. The van der Waals surface area contributed by atoms with Crippen LogP contribution in [0.25, 0.3) is 0 Å². The molecular weight excluding hydrogens is 352 g/mol. The summed E-state index contributed by atoms with van der Waals surface area (Å²) in [6.07, 6.45) is 0. The van der Waals surface area contributed by atoms with Crippen molar-refractivity contribution in [2.45, 2.75) is 4.90 Å². The second-order valence-corrected chi connectivity index (χ2v) is 6.48. The molecule has 0 saturated heterocycles. The van der Waals surface area contributed by atoms with Crippen LogP contribution in [0.1, 0.15) is 10.4 Å². The molecule has 5 nitrogen and oxygen atoms in total. The normalized spacial score (nSPS) is 11.1. The van der Waals surface area contributed by atoms with Gasteiger partial charge in [0.15, 0.2) is 0 Å². The molecular formula is C14H10ClF2NO4S. The summed E-state index contributed by atoms with van der Waals surface area (Å²) >= 11 is 5.67. The monoisotopic (exact) mass is 361 g/mol. The Balaban J connectivity index is 2.43. The third-order valence-electron chi connectivity index (χ3n) is 2.83. The molecule has 122 valence electrons. The Morgan fingerprint density at radius 1 is 1.13 bits per heavy atom. The largest absolute Gasteiger partial charge is 0.465 e. The molecule has 0 aliphatic carbocycles. The van der Waals surface area contributed by atoms with E-state index >= 15 is 0 Å². The Hall–Kier alpha value is -2.19. The number of esters is 1. The zero-order chi connectivity index (χ0) is 17.2. The molecule has 0 atom stereocenters. The van der Waals surface area contributed by atoms with Crippen LogP contribution in [0.2, 0.25) is 5.02 Å². The molecule has 2 rings (SSSR count). The minimum absolute atomic E-state index is 0.176. The van der Waals surface area contributed by atoms with Gasteiger partial charge in [0.2, 0.25) is 0 Å². The Morgan fingerprint density at radius 3 is 2.30 bits per heavy atom. The lowest BCUT2D eigenvalue weighted by atomic mass is 10.2. The number of ether oxygens (including phenoxy) is 1. The molecule has 9 heteroatoms. The number of halogens is 3. The van der Waals surface area contributed by atoms with Crippen LogP contribution in [0.3, 0.4) is 0 Å². The van der Waals surface area contributed by atoms with Crippen LogP contribution in [0, 0.1) is 11.6 Å². The highest BCUT2D eigenvalue weighted by atomic mass is 35.5. The third kappa shape index (κ3) is 3.77. The first-order valence-corrected chi connectivity index (χ1v) is 7.96. The molecule has 23 heavy (non-hydrogen) atoms. The van der Waals surface area contributed by atoms with E-state index < -0.39 is 38.9 Å². The van der Waals surface area contributed by atoms with Gasteiger partial charge in [0.25, 0.3) is 10.0 Å². The second kappa shape index (κ2) is 6.51. The van der Waals surface area contributed by atoms with Crippen molar-refractivity contribution >= 4 is 33.3 Å². The topological polar surface area (TPSA) is 72.5 Å². The molecule has 0 heterocycles. The van der Waals surface area contributed by atoms with Crippen LogP contribution in [0.4, 0.5) is 14.5 Å².